The Balaban J connectivity index is 1.51. The molecule has 0 spiro atoms. The summed E-state index contributed by atoms with van der Waals surface area (Å²) in [7, 11) is 0.535. The lowest BCUT2D eigenvalue weighted by Crippen LogP contribution is -2.22. The monoisotopic (exact) mass is 490 g/mol. The molecule has 1 aromatic carbocycles. The first-order valence-electron chi connectivity index (χ1n) is 11.5. The van der Waals surface area contributed by atoms with Gasteiger partial charge >= 0.3 is 0 Å². The van der Waals surface area contributed by atoms with Crippen molar-refractivity contribution in [3.05, 3.63) is 59.2 Å². The number of nitrogens with zero attached hydrogens (tertiary/aromatic N) is 3. The normalized spacial score (nSPS) is 12.6. The molecule has 6 nitrogen and oxygen atoms in total. The molecule has 176 valence electrons. The van der Waals surface area contributed by atoms with Crippen LogP contribution in [0.15, 0.2) is 48.8 Å². The highest BCUT2D eigenvalue weighted by Crippen LogP contribution is 2.47. The first kappa shape index (κ1) is 22.8. The number of pyridine rings is 1. The SMILES string of the molecule is COc1ccc(-c2nn(COCC[Si](C)(C)C)c3c2Cc2sc(-c4cncc(N)c4)cc2-3)cc1. The fourth-order valence-electron chi connectivity index (χ4n) is 4.23. The minimum atomic E-state index is -1.15. The number of aromatic nitrogens is 3. The quantitative estimate of drug-likeness (QED) is 0.209. The Morgan fingerprint density at radius 1 is 1.09 bits per heavy atom. The van der Waals surface area contributed by atoms with Gasteiger partial charge in [0.15, 0.2) is 0 Å². The molecule has 0 atom stereocenters. The Labute approximate surface area is 205 Å². The van der Waals surface area contributed by atoms with Gasteiger partial charge in [-0.1, -0.05) is 19.6 Å². The van der Waals surface area contributed by atoms with Crippen molar-refractivity contribution in [1.29, 1.82) is 0 Å². The van der Waals surface area contributed by atoms with Gasteiger partial charge in [0, 0.05) is 65.5 Å². The van der Waals surface area contributed by atoms with E-state index in [4.69, 9.17) is 20.3 Å². The van der Waals surface area contributed by atoms with E-state index < -0.39 is 8.07 Å². The number of anilines is 1. The zero-order valence-corrected chi connectivity index (χ0v) is 21.9. The van der Waals surface area contributed by atoms with Crippen LogP contribution in [0.1, 0.15) is 10.4 Å². The van der Waals surface area contributed by atoms with Crippen LogP contribution in [0.3, 0.4) is 0 Å². The number of hydrogen-bond acceptors (Lipinski definition) is 6. The highest BCUT2D eigenvalue weighted by atomic mass is 32.1. The minimum Gasteiger partial charge on any atom is -0.497 e. The number of nitrogens with two attached hydrogens (primary N) is 1. The molecule has 3 heterocycles. The third-order valence-electron chi connectivity index (χ3n) is 6.07. The van der Waals surface area contributed by atoms with E-state index in [-0.39, 0.29) is 0 Å². The lowest BCUT2D eigenvalue weighted by Gasteiger charge is -2.15. The van der Waals surface area contributed by atoms with E-state index in [1.54, 1.807) is 24.6 Å². The number of ether oxygens (including phenoxy) is 2. The van der Waals surface area contributed by atoms with Crippen molar-refractivity contribution >= 4 is 25.1 Å². The molecule has 1 aliphatic carbocycles. The van der Waals surface area contributed by atoms with Crippen LogP contribution in [0, 0.1) is 0 Å². The number of thiophene rings is 1. The van der Waals surface area contributed by atoms with Gasteiger partial charge in [0.25, 0.3) is 0 Å². The molecule has 0 fully saturated rings. The zero-order chi connectivity index (χ0) is 23.9. The van der Waals surface area contributed by atoms with Gasteiger partial charge in [0.2, 0.25) is 0 Å². The Bertz CT molecular complexity index is 1320. The Kier molecular flexibility index (Phi) is 6.05. The first-order valence-corrected chi connectivity index (χ1v) is 16.0. The lowest BCUT2D eigenvalue weighted by atomic mass is 10.1. The van der Waals surface area contributed by atoms with E-state index in [1.165, 1.54) is 20.9 Å². The number of rotatable bonds is 8. The van der Waals surface area contributed by atoms with Crippen LogP contribution in [0.25, 0.3) is 33.0 Å². The summed E-state index contributed by atoms with van der Waals surface area (Å²) in [6.07, 6.45) is 4.41. The van der Waals surface area contributed by atoms with Crippen LogP contribution in [-0.4, -0.2) is 36.6 Å². The first-order chi connectivity index (χ1) is 16.3. The van der Waals surface area contributed by atoms with Gasteiger partial charge in [-0.25, -0.2) is 4.68 Å². The third kappa shape index (κ3) is 4.53. The maximum Gasteiger partial charge on any atom is 0.140 e. The van der Waals surface area contributed by atoms with Crippen molar-refractivity contribution < 1.29 is 9.47 Å². The second kappa shape index (κ2) is 9.01. The fraction of sp³-hybridized carbons (Fsp3) is 0.308. The molecule has 0 aliphatic heterocycles. The molecule has 0 radical (unpaired) electrons. The van der Waals surface area contributed by atoms with Crippen molar-refractivity contribution in [2.75, 3.05) is 19.5 Å². The van der Waals surface area contributed by atoms with Crippen molar-refractivity contribution in [3.63, 3.8) is 0 Å². The summed E-state index contributed by atoms with van der Waals surface area (Å²) in [4.78, 5) is 6.79. The van der Waals surface area contributed by atoms with Crippen LogP contribution >= 0.6 is 11.3 Å². The second-order valence-electron chi connectivity index (χ2n) is 9.88. The van der Waals surface area contributed by atoms with Crippen molar-refractivity contribution in [2.24, 2.45) is 0 Å². The van der Waals surface area contributed by atoms with E-state index in [0.29, 0.717) is 12.4 Å². The maximum absolute atomic E-state index is 6.12. The maximum atomic E-state index is 6.12. The summed E-state index contributed by atoms with van der Waals surface area (Å²) in [6, 6.07) is 13.5. The standard InChI is InChI=1S/C26H30N4O2SSi/c1-31-20-7-5-17(6-8-20)25-22-13-24-21(12-23(33-24)18-11-19(27)15-28-14-18)26(22)30(29-25)16-32-9-10-34(2,3)4/h5-8,11-12,14-15H,9-10,13,16,27H2,1-4H3. The van der Waals surface area contributed by atoms with E-state index >= 15 is 0 Å². The average molecular weight is 491 g/mol. The Morgan fingerprint density at radius 3 is 2.59 bits per heavy atom. The molecule has 1 aliphatic rings. The summed E-state index contributed by atoms with van der Waals surface area (Å²) in [6.45, 7) is 8.32. The molecular formula is C26H30N4O2SSi. The number of nitrogen functional groups attached to an aromatic ring is 1. The Morgan fingerprint density at radius 2 is 1.88 bits per heavy atom. The van der Waals surface area contributed by atoms with Crippen molar-refractivity contribution in [3.8, 4) is 38.7 Å². The van der Waals surface area contributed by atoms with E-state index in [9.17, 15) is 0 Å². The number of hydrogen-bond donors (Lipinski definition) is 1. The van der Waals surface area contributed by atoms with Gasteiger partial charge in [-0.3, -0.25) is 4.98 Å². The molecule has 0 saturated heterocycles. The molecule has 5 rings (SSSR count). The van der Waals surface area contributed by atoms with Gasteiger partial charge in [0.05, 0.1) is 24.2 Å². The highest BCUT2D eigenvalue weighted by Gasteiger charge is 2.30. The summed E-state index contributed by atoms with van der Waals surface area (Å²) >= 11 is 1.80. The fourth-order valence-corrected chi connectivity index (χ4v) is 6.14. The molecule has 8 heteroatoms. The van der Waals surface area contributed by atoms with E-state index in [1.807, 2.05) is 29.1 Å². The van der Waals surface area contributed by atoms with Gasteiger partial charge in [-0.05, 0) is 42.4 Å². The summed E-state index contributed by atoms with van der Waals surface area (Å²) in [5.41, 5.74) is 13.5. The summed E-state index contributed by atoms with van der Waals surface area (Å²) < 4.78 is 13.5. The molecule has 34 heavy (non-hydrogen) atoms. The smallest absolute Gasteiger partial charge is 0.140 e. The van der Waals surface area contributed by atoms with Gasteiger partial charge in [-0.15, -0.1) is 11.3 Å². The van der Waals surface area contributed by atoms with Gasteiger partial charge in [0.1, 0.15) is 12.5 Å². The Hall–Kier alpha value is -2.94. The molecule has 3 aromatic heterocycles. The van der Waals surface area contributed by atoms with Crippen LogP contribution in [0.2, 0.25) is 25.7 Å². The van der Waals surface area contributed by atoms with Crippen molar-refractivity contribution in [1.82, 2.24) is 14.8 Å². The summed E-state index contributed by atoms with van der Waals surface area (Å²) in [5.74, 6) is 0.842. The molecule has 4 aromatic rings. The lowest BCUT2D eigenvalue weighted by molar-refractivity contribution is 0.0799. The third-order valence-corrected chi connectivity index (χ3v) is 8.96. The molecule has 0 unspecified atom stereocenters. The minimum absolute atomic E-state index is 0.452. The van der Waals surface area contributed by atoms with Crippen LogP contribution in [-0.2, 0) is 17.9 Å². The summed E-state index contributed by atoms with van der Waals surface area (Å²) in [5, 5.41) is 5.02. The highest BCUT2D eigenvalue weighted by molar-refractivity contribution is 7.16. The molecule has 0 amide bonds. The second-order valence-corrected chi connectivity index (χ2v) is 16.6. The molecular weight excluding hydrogens is 460 g/mol. The largest absolute Gasteiger partial charge is 0.497 e. The molecule has 0 bridgehead atoms. The van der Waals surface area contributed by atoms with Gasteiger partial charge in [-0.2, -0.15) is 5.10 Å². The zero-order valence-electron chi connectivity index (χ0n) is 20.1. The van der Waals surface area contributed by atoms with Gasteiger partial charge < -0.3 is 15.2 Å². The van der Waals surface area contributed by atoms with E-state index in [0.717, 1.165) is 47.3 Å². The van der Waals surface area contributed by atoms with Crippen molar-refractivity contribution in [2.45, 2.75) is 38.8 Å². The van der Waals surface area contributed by atoms with Crippen LogP contribution in [0.5, 0.6) is 5.75 Å². The number of fused-ring (bicyclic) bond motifs is 3. The topological polar surface area (TPSA) is 75.2 Å². The average Bonchev–Trinajstić information content (AvgIpc) is 3.46. The van der Waals surface area contributed by atoms with Crippen LogP contribution < -0.4 is 10.5 Å². The number of methoxy groups -OCH3 is 1. The molecule has 2 N–H and O–H groups in total. The van der Waals surface area contributed by atoms with E-state index in [2.05, 4.69) is 42.8 Å². The predicted molar refractivity (Wildman–Crippen MR) is 142 cm³/mol. The van der Waals surface area contributed by atoms with Crippen LogP contribution in [0.4, 0.5) is 5.69 Å². The number of benzene rings is 1. The predicted octanol–water partition coefficient (Wildman–Crippen LogP) is 6.15. The molecule has 0 saturated carbocycles.